The number of thiazole rings is 1. The van der Waals surface area contributed by atoms with Crippen molar-refractivity contribution in [3.8, 4) is 10.4 Å². The number of amides is 1. The maximum absolute atomic E-state index is 13.5. The summed E-state index contributed by atoms with van der Waals surface area (Å²) in [5.74, 6) is 0.772. The van der Waals surface area contributed by atoms with Gasteiger partial charge in [-0.2, -0.15) is 5.10 Å². The number of rotatable bonds is 8. The Hall–Kier alpha value is -3.09. The lowest BCUT2D eigenvalue weighted by Crippen LogP contribution is -2.40. The summed E-state index contributed by atoms with van der Waals surface area (Å²) >= 11 is 1.52. The number of nitrogens with one attached hydrogen (secondary N) is 3. The fourth-order valence-corrected chi connectivity index (χ4v) is 7.36. The van der Waals surface area contributed by atoms with Crippen LogP contribution in [0.5, 0.6) is 0 Å². The average Bonchev–Trinajstić information content (AvgIpc) is 3.33. The minimum absolute atomic E-state index is 0.0847. The minimum atomic E-state index is -3.85. The van der Waals surface area contributed by atoms with Crippen molar-refractivity contribution >= 4 is 39.0 Å². The Kier molecular flexibility index (Phi) is 8.87. The number of nitrogens with zero attached hydrogens (tertiary/aromatic N) is 3. The van der Waals surface area contributed by atoms with Gasteiger partial charge >= 0.3 is 6.09 Å². The van der Waals surface area contributed by atoms with Crippen LogP contribution in [0.4, 0.5) is 16.3 Å². The summed E-state index contributed by atoms with van der Waals surface area (Å²) in [7, 11) is -3.85. The van der Waals surface area contributed by atoms with E-state index >= 15 is 0 Å². The summed E-state index contributed by atoms with van der Waals surface area (Å²) in [6.07, 6.45) is 6.25. The number of hydrogen-bond acceptors (Lipinski definition) is 9. The molecule has 4 rings (SSSR count). The molecule has 1 saturated carbocycles. The number of hydrogen-bond donors (Lipinski definition) is 3. The predicted octanol–water partition coefficient (Wildman–Crippen LogP) is 5.58. The van der Waals surface area contributed by atoms with E-state index in [-0.39, 0.29) is 29.1 Å². The molecule has 39 heavy (non-hydrogen) atoms. The zero-order valence-corrected chi connectivity index (χ0v) is 24.5. The molecule has 1 fully saturated rings. The number of benzene rings is 1. The van der Waals surface area contributed by atoms with E-state index in [1.807, 2.05) is 40.7 Å². The van der Waals surface area contributed by atoms with Crippen LogP contribution in [0.25, 0.3) is 10.4 Å². The summed E-state index contributed by atoms with van der Waals surface area (Å²) in [6, 6.07) is 8.84. The van der Waals surface area contributed by atoms with Crippen molar-refractivity contribution in [1.82, 2.24) is 25.2 Å². The van der Waals surface area contributed by atoms with Crippen LogP contribution in [-0.4, -0.2) is 47.4 Å². The molecule has 1 aliphatic rings. The highest BCUT2D eigenvalue weighted by molar-refractivity contribution is 7.89. The molecule has 1 amide bonds. The molecule has 210 valence electrons. The molecule has 0 atom stereocenters. The van der Waals surface area contributed by atoms with Gasteiger partial charge in [0.15, 0.2) is 5.82 Å². The predicted molar refractivity (Wildman–Crippen MR) is 153 cm³/mol. The summed E-state index contributed by atoms with van der Waals surface area (Å²) in [5, 5.41) is 14.9. The molecule has 0 unspecified atom stereocenters. The molecule has 12 heteroatoms. The highest BCUT2D eigenvalue weighted by atomic mass is 32.2. The second-order valence-corrected chi connectivity index (χ2v) is 13.7. The number of sulfonamides is 1. The normalized spacial score (nSPS) is 18.1. The van der Waals surface area contributed by atoms with Gasteiger partial charge in [-0.3, -0.25) is 0 Å². The average molecular weight is 573 g/mol. The highest BCUT2D eigenvalue weighted by Gasteiger charge is 2.29. The molecule has 3 N–H and O–H groups in total. The van der Waals surface area contributed by atoms with Gasteiger partial charge in [0.1, 0.15) is 0 Å². The Bertz CT molecular complexity index is 1380. The number of carbonyl (C=O) groups is 1. The molecule has 0 bridgehead atoms. The molecule has 3 aromatic rings. The Morgan fingerprint density at radius 1 is 1.13 bits per heavy atom. The monoisotopic (exact) mass is 572 g/mol. The molecule has 0 saturated heterocycles. The second kappa shape index (κ2) is 12.0. The standard InChI is InChI=1S/C27H36N6O4S2/c1-17(2)37-26(34)31-19-10-8-18(9-11-19)25-28-16-22(38-25)21-13-12-20(30-24-7-6-14-29-32-24)15-23(21)39(35,36)33-27(3,4)5/h6-7,12-19,33H,8-11H2,1-5H3,(H,30,32)(H,31,34)/t18-,19-. The fourth-order valence-electron chi connectivity index (χ4n) is 4.50. The number of aromatic nitrogens is 3. The van der Waals surface area contributed by atoms with E-state index in [9.17, 15) is 13.2 Å². The third-order valence-corrected chi connectivity index (χ3v) is 9.08. The largest absolute Gasteiger partial charge is 0.447 e. The maximum Gasteiger partial charge on any atom is 0.407 e. The van der Waals surface area contributed by atoms with Crippen LogP contribution < -0.4 is 15.4 Å². The van der Waals surface area contributed by atoms with Crippen molar-refractivity contribution < 1.29 is 17.9 Å². The zero-order valence-electron chi connectivity index (χ0n) is 22.9. The van der Waals surface area contributed by atoms with Crippen molar-refractivity contribution in [3.63, 3.8) is 0 Å². The molecule has 1 aromatic carbocycles. The van der Waals surface area contributed by atoms with Crippen LogP contribution >= 0.6 is 11.3 Å². The molecule has 2 heterocycles. The van der Waals surface area contributed by atoms with Crippen molar-refractivity contribution in [1.29, 1.82) is 0 Å². The van der Waals surface area contributed by atoms with Gasteiger partial charge in [-0.05, 0) is 84.6 Å². The van der Waals surface area contributed by atoms with Crippen molar-refractivity contribution in [2.24, 2.45) is 0 Å². The van der Waals surface area contributed by atoms with Crippen LogP contribution in [0.1, 0.15) is 71.2 Å². The summed E-state index contributed by atoms with van der Waals surface area (Å²) in [4.78, 5) is 17.6. The summed E-state index contributed by atoms with van der Waals surface area (Å²) < 4.78 is 35.0. The molecule has 0 aliphatic heterocycles. The van der Waals surface area contributed by atoms with Crippen LogP contribution in [-0.2, 0) is 14.8 Å². The molecule has 2 aromatic heterocycles. The van der Waals surface area contributed by atoms with E-state index in [4.69, 9.17) is 4.74 Å². The topological polar surface area (TPSA) is 135 Å². The highest BCUT2D eigenvalue weighted by Crippen LogP contribution is 2.40. The Morgan fingerprint density at radius 2 is 1.87 bits per heavy atom. The smallest absolute Gasteiger partial charge is 0.407 e. The van der Waals surface area contributed by atoms with Gasteiger partial charge in [-0.25, -0.2) is 22.9 Å². The van der Waals surface area contributed by atoms with Gasteiger partial charge in [-0.1, -0.05) is 6.07 Å². The second-order valence-electron chi connectivity index (χ2n) is 11.0. The van der Waals surface area contributed by atoms with Gasteiger partial charge in [0.25, 0.3) is 0 Å². The summed E-state index contributed by atoms with van der Waals surface area (Å²) in [5.41, 5.74) is 0.518. The van der Waals surface area contributed by atoms with Gasteiger partial charge in [0.2, 0.25) is 10.0 Å². The Morgan fingerprint density at radius 3 is 2.51 bits per heavy atom. The lowest BCUT2D eigenvalue weighted by molar-refractivity contribution is 0.109. The quantitative estimate of drug-likeness (QED) is 0.318. The van der Waals surface area contributed by atoms with Crippen LogP contribution in [0, 0.1) is 0 Å². The van der Waals surface area contributed by atoms with Gasteiger partial charge in [0.05, 0.1) is 20.9 Å². The molecule has 0 radical (unpaired) electrons. The van der Waals surface area contributed by atoms with Crippen molar-refractivity contribution in [2.45, 2.75) is 88.8 Å². The third kappa shape index (κ3) is 7.96. The van der Waals surface area contributed by atoms with Crippen molar-refractivity contribution in [3.05, 3.63) is 47.7 Å². The maximum atomic E-state index is 13.5. The first kappa shape index (κ1) is 28.9. The Balaban J connectivity index is 1.55. The number of alkyl carbamates (subject to hydrolysis) is 1. The van der Waals surface area contributed by atoms with E-state index in [2.05, 4.69) is 30.5 Å². The first-order chi connectivity index (χ1) is 18.4. The van der Waals surface area contributed by atoms with Gasteiger partial charge in [-0.15, -0.1) is 16.4 Å². The van der Waals surface area contributed by atoms with E-state index in [0.29, 0.717) is 17.1 Å². The lowest BCUT2D eigenvalue weighted by atomic mass is 9.86. The minimum Gasteiger partial charge on any atom is -0.447 e. The van der Waals surface area contributed by atoms with Crippen LogP contribution in [0.3, 0.4) is 0 Å². The first-order valence-electron chi connectivity index (χ1n) is 13.1. The molecular weight excluding hydrogens is 536 g/mol. The van der Waals surface area contributed by atoms with E-state index in [1.165, 1.54) is 11.3 Å². The number of ether oxygens (including phenoxy) is 1. The van der Waals surface area contributed by atoms with E-state index in [0.717, 1.165) is 35.6 Å². The third-order valence-electron chi connectivity index (χ3n) is 6.09. The number of anilines is 2. The number of carbonyl (C=O) groups excluding carboxylic acids is 1. The van der Waals surface area contributed by atoms with Gasteiger partial charge < -0.3 is 15.4 Å². The fraction of sp³-hybridized carbons (Fsp3) is 0.481. The zero-order chi connectivity index (χ0) is 28.2. The molecule has 1 aliphatic carbocycles. The summed E-state index contributed by atoms with van der Waals surface area (Å²) in [6.45, 7) is 9.09. The Labute approximate surface area is 234 Å². The van der Waals surface area contributed by atoms with Gasteiger partial charge in [0, 0.05) is 41.1 Å². The van der Waals surface area contributed by atoms with E-state index < -0.39 is 15.6 Å². The van der Waals surface area contributed by atoms with Crippen molar-refractivity contribution in [2.75, 3.05) is 5.32 Å². The van der Waals surface area contributed by atoms with E-state index in [1.54, 1.807) is 36.7 Å². The van der Waals surface area contributed by atoms with Crippen LogP contribution in [0.15, 0.2) is 47.6 Å². The molecular formula is C27H36N6O4S2. The molecule has 10 nitrogen and oxygen atoms in total. The molecule has 0 spiro atoms. The van der Waals surface area contributed by atoms with Crippen LogP contribution in [0.2, 0.25) is 0 Å². The lowest BCUT2D eigenvalue weighted by Gasteiger charge is -2.28. The first-order valence-corrected chi connectivity index (χ1v) is 15.4. The SMILES string of the molecule is CC(C)OC(=O)N[C@H]1CC[C@H](c2ncc(-c3ccc(Nc4cccnn4)cc3S(=O)(=O)NC(C)(C)C)s2)CC1.